The number of thioether (sulfide) groups is 1. The molecule has 2 aromatic carbocycles. The Labute approximate surface area is 199 Å². The zero-order valence-electron chi connectivity index (χ0n) is 19.0. The van der Waals surface area contributed by atoms with Crippen LogP contribution in [0.25, 0.3) is 16.7 Å². The number of nitrogens with zero attached hydrogens (tertiary/aromatic N) is 2. The maximum absolute atomic E-state index is 13.4. The lowest BCUT2D eigenvalue weighted by molar-refractivity contribution is 0.391. The monoisotopic (exact) mass is 455 g/mol. The van der Waals surface area contributed by atoms with Crippen LogP contribution in [0.15, 0.2) is 82.5 Å². The summed E-state index contributed by atoms with van der Waals surface area (Å²) in [4.78, 5) is 19.4. The first-order valence-electron chi connectivity index (χ1n) is 11.8. The van der Waals surface area contributed by atoms with Crippen LogP contribution in [-0.2, 0) is 0 Å². The van der Waals surface area contributed by atoms with Gasteiger partial charge >= 0.3 is 0 Å². The predicted molar refractivity (Wildman–Crippen MR) is 139 cm³/mol. The average Bonchev–Trinajstić information content (AvgIpc) is 2.84. The van der Waals surface area contributed by atoms with E-state index in [1.807, 2.05) is 67.2 Å². The molecule has 4 nitrogen and oxygen atoms in total. The summed E-state index contributed by atoms with van der Waals surface area (Å²) < 4.78 is 2.07. The summed E-state index contributed by atoms with van der Waals surface area (Å²) in [7, 11) is 0. The second-order valence-corrected chi connectivity index (χ2v) is 9.89. The van der Waals surface area contributed by atoms with Gasteiger partial charge in [-0.1, -0.05) is 55.7 Å². The van der Waals surface area contributed by atoms with E-state index in [9.17, 15) is 4.79 Å². The molecule has 0 spiro atoms. The molecule has 1 N–H and O–H groups in total. The Hall–Kier alpha value is -3.05. The van der Waals surface area contributed by atoms with Crippen LogP contribution in [0, 0.1) is 12.8 Å². The Kier molecular flexibility index (Phi) is 6.49. The van der Waals surface area contributed by atoms with E-state index in [-0.39, 0.29) is 5.43 Å². The minimum Gasteiger partial charge on any atom is -0.341 e. The molecule has 0 bridgehead atoms. The quantitative estimate of drug-likeness (QED) is 0.315. The van der Waals surface area contributed by atoms with Crippen LogP contribution in [0.2, 0.25) is 0 Å². The van der Waals surface area contributed by atoms with Gasteiger partial charge in [-0.15, -0.1) is 11.8 Å². The number of nitrogens with one attached hydrogen (secondary N) is 1. The van der Waals surface area contributed by atoms with Gasteiger partial charge in [0.2, 0.25) is 0 Å². The van der Waals surface area contributed by atoms with Crippen molar-refractivity contribution in [3.05, 3.63) is 88.7 Å². The second kappa shape index (κ2) is 9.84. The van der Waals surface area contributed by atoms with Gasteiger partial charge in [0.05, 0.1) is 5.39 Å². The molecule has 2 heterocycles. The second-order valence-electron chi connectivity index (χ2n) is 8.83. The molecule has 2 aromatic heterocycles. The number of rotatable bonds is 6. The number of aryl methyl sites for hydroxylation is 1. The molecule has 1 aliphatic carbocycles. The standard InChI is InChI=1S/C28H29N3OS/c1-20-17-25(33-19-21-11-5-2-6-12-21)27-24(32)18-26(30-22-13-7-3-8-14-22)31(28(27)29-20)23-15-9-4-10-16-23/h3-4,7-10,13-18,21,30H,2,5-6,11-12,19H2,1H3. The van der Waals surface area contributed by atoms with Gasteiger partial charge in [0, 0.05) is 33.8 Å². The summed E-state index contributed by atoms with van der Waals surface area (Å²) in [5, 5.41) is 4.15. The molecule has 1 saturated carbocycles. The van der Waals surface area contributed by atoms with Crippen LogP contribution in [0.4, 0.5) is 11.5 Å². The maximum Gasteiger partial charge on any atom is 0.194 e. The highest BCUT2D eigenvalue weighted by Gasteiger charge is 2.19. The third-order valence-corrected chi connectivity index (χ3v) is 7.59. The lowest BCUT2D eigenvalue weighted by Crippen LogP contribution is -2.15. The zero-order valence-corrected chi connectivity index (χ0v) is 19.8. The SMILES string of the molecule is Cc1cc(SCC2CCCCC2)c2c(=O)cc(Nc3ccccc3)n(-c3ccccc3)c2n1. The molecule has 1 fully saturated rings. The number of fused-ring (bicyclic) bond motifs is 1. The van der Waals surface area contributed by atoms with Crippen LogP contribution in [-0.4, -0.2) is 15.3 Å². The Balaban J connectivity index is 1.65. The average molecular weight is 456 g/mol. The van der Waals surface area contributed by atoms with Crippen molar-refractivity contribution in [2.24, 2.45) is 5.92 Å². The molecule has 0 aliphatic heterocycles. The van der Waals surface area contributed by atoms with Crippen molar-refractivity contribution < 1.29 is 0 Å². The van der Waals surface area contributed by atoms with Gasteiger partial charge in [-0.05, 0) is 56.0 Å². The normalized spacial score (nSPS) is 14.5. The number of hydrogen-bond donors (Lipinski definition) is 1. The summed E-state index contributed by atoms with van der Waals surface area (Å²) in [5.74, 6) is 2.52. The van der Waals surface area contributed by atoms with E-state index in [1.165, 1.54) is 32.1 Å². The highest BCUT2D eigenvalue weighted by molar-refractivity contribution is 7.99. The Morgan fingerprint density at radius 1 is 0.970 bits per heavy atom. The summed E-state index contributed by atoms with van der Waals surface area (Å²) in [6.45, 7) is 2.02. The maximum atomic E-state index is 13.4. The summed E-state index contributed by atoms with van der Waals surface area (Å²) in [6, 6.07) is 23.9. The van der Waals surface area contributed by atoms with E-state index < -0.39 is 0 Å². The minimum atomic E-state index is 0.00857. The predicted octanol–water partition coefficient (Wildman–Crippen LogP) is 7.11. The molecule has 0 atom stereocenters. The van der Waals surface area contributed by atoms with Gasteiger partial charge in [0.25, 0.3) is 0 Å². The van der Waals surface area contributed by atoms with Gasteiger partial charge in [-0.3, -0.25) is 9.36 Å². The minimum absolute atomic E-state index is 0.00857. The molecule has 0 amide bonds. The lowest BCUT2D eigenvalue weighted by atomic mass is 9.91. The molecule has 168 valence electrons. The first-order chi connectivity index (χ1) is 16.2. The fourth-order valence-electron chi connectivity index (χ4n) is 4.67. The Morgan fingerprint density at radius 3 is 2.39 bits per heavy atom. The van der Waals surface area contributed by atoms with Crippen LogP contribution < -0.4 is 10.7 Å². The first kappa shape index (κ1) is 21.8. The van der Waals surface area contributed by atoms with E-state index in [2.05, 4.69) is 28.1 Å². The summed E-state index contributed by atoms with van der Waals surface area (Å²) in [5.41, 5.74) is 3.55. The van der Waals surface area contributed by atoms with Crippen molar-refractivity contribution in [2.75, 3.05) is 11.1 Å². The molecule has 0 unspecified atom stereocenters. The van der Waals surface area contributed by atoms with Gasteiger partial charge in [-0.2, -0.15) is 0 Å². The van der Waals surface area contributed by atoms with E-state index in [0.717, 1.165) is 33.6 Å². The van der Waals surface area contributed by atoms with Crippen LogP contribution in [0.5, 0.6) is 0 Å². The number of anilines is 2. The van der Waals surface area contributed by atoms with Crippen molar-refractivity contribution in [3.8, 4) is 5.69 Å². The topological polar surface area (TPSA) is 46.9 Å². The third-order valence-electron chi connectivity index (χ3n) is 6.32. The number of aromatic nitrogens is 2. The Morgan fingerprint density at radius 2 is 1.67 bits per heavy atom. The Bertz CT molecular complexity index is 1300. The molecule has 0 saturated heterocycles. The fourth-order valence-corrected chi connectivity index (χ4v) is 6.01. The van der Waals surface area contributed by atoms with E-state index in [4.69, 9.17) is 4.98 Å². The van der Waals surface area contributed by atoms with Gasteiger partial charge < -0.3 is 5.32 Å². The van der Waals surface area contributed by atoms with Crippen molar-refractivity contribution >= 4 is 34.3 Å². The van der Waals surface area contributed by atoms with E-state index in [0.29, 0.717) is 16.9 Å². The first-order valence-corrected chi connectivity index (χ1v) is 12.8. The van der Waals surface area contributed by atoms with E-state index >= 15 is 0 Å². The third kappa shape index (κ3) is 4.83. The molecule has 5 rings (SSSR count). The van der Waals surface area contributed by atoms with Gasteiger partial charge in [0.1, 0.15) is 5.82 Å². The van der Waals surface area contributed by atoms with Gasteiger partial charge in [-0.25, -0.2) is 4.98 Å². The van der Waals surface area contributed by atoms with Crippen LogP contribution in [0.3, 0.4) is 0 Å². The molecular weight excluding hydrogens is 426 g/mol. The zero-order chi connectivity index (χ0) is 22.6. The smallest absolute Gasteiger partial charge is 0.194 e. The molecule has 0 radical (unpaired) electrons. The van der Waals surface area contributed by atoms with E-state index in [1.54, 1.807) is 6.07 Å². The molecule has 33 heavy (non-hydrogen) atoms. The van der Waals surface area contributed by atoms with Crippen LogP contribution in [0.1, 0.15) is 37.8 Å². The highest BCUT2D eigenvalue weighted by Crippen LogP contribution is 2.34. The molecular formula is C28H29N3OS. The number of para-hydroxylation sites is 2. The highest BCUT2D eigenvalue weighted by atomic mass is 32.2. The summed E-state index contributed by atoms with van der Waals surface area (Å²) >= 11 is 1.82. The summed E-state index contributed by atoms with van der Waals surface area (Å²) in [6.07, 6.45) is 6.62. The molecule has 4 aromatic rings. The number of pyridine rings is 2. The lowest BCUT2D eigenvalue weighted by Gasteiger charge is -2.22. The van der Waals surface area contributed by atoms with Crippen LogP contribution >= 0.6 is 11.8 Å². The van der Waals surface area contributed by atoms with Crippen molar-refractivity contribution in [1.29, 1.82) is 0 Å². The molecule has 1 aliphatic rings. The fraction of sp³-hybridized carbons (Fsp3) is 0.286. The number of hydrogen-bond acceptors (Lipinski definition) is 4. The van der Waals surface area contributed by atoms with Crippen molar-refractivity contribution in [2.45, 2.75) is 43.9 Å². The van der Waals surface area contributed by atoms with Gasteiger partial charge in [0.15, 0.2) is 11.1 Å². The number of benzene rings is 2. The van der Waals surface area contributed by atoms with Crippen molar-refractivity contribution in [1.82, 2.24) is 9.55 Å². The molecule has 5 heteroatoms. The largest absolute Gasteiger partial charge is 0.341 e. The van der Waals surface area contributed by atoms with Crippen molar-refractivity contribution in [3.63, 3.8) is 0 Å².